The molecular formula is C17H28N2. The molecule has 1 aliphatic heterocycles. The van der Waals surface area contributed by atoms with E-state index < -0.39 is 0 Å². The summed E-state index contributed by atoms with van der Waals surface area (Å²) in [5.41, 5.74) is 1.47. The Morgan fingerprint density at radius 1 is 0.895 bits per heavy atom. The predicted octanol–water partition coefficient (Wildman–Crippen LogP) is 3.08. The summed E-state index contributed by atoms with van der Waals surface area (Å²) in [5.74, 6) is 0. The zero-order chi connectivity index (χ0) is 13.2. The minimum absolute atomic E-state index is 1.16. The molecule has 0 amide bonds. The van der Waals surface area contributed by atoms with E-state index in [2.05, 4.69) is 40.5 Å². The van der Waals surface area contributed by atoms with Crippen LogP contribution in [0.5, 0.6) is 0 Å². The maximum atomic E-state index is 3.58. The number of unbranched alkanes of at least 4 members (excludes halogenated alkanes) is 1. The monoisotopic (exact) mass is 260 g/mol. The molecule has 1 aliphatic rings. The number of benzene rings is 1. The molecule has 2 rings (SSSR count). The average molecular weight is 260 g/mol. The largest absolute Gasteiger partial charge is 0.315 e. The van der Waals surface area contributed by atoms with Gasteiger partial charge in [0.05, 0.1) is 0 Å². The number of likely N-dealkylation sites (tertiary alicyclic amines) is 1. The SMILES string of the molecule is c1ccc(CCCCNCCN2CCCCC2)cc1. The minimum atomic E-state index is 1.16. The van der Waals surface area contributed by atoms with Crippen molar-refractivity contribution in [3.8, 4) is 0 Å². The molecule has 2 nitrogen and oxygen atoms in total. The van der Waals surface area contributed by atoms with Crippen LogP contribution in [0.15, 0.2) is 30.3 Å². The van der Waals surface area contributed by atoms with Crippen molar-refractivity contribution >= 4 is 0 Å². The molecule has 0 aromatic heterocycles. The molecule has 1 heterocycles. The van der Waals surface area contributed by atoms with Crippen molar-refractivity contribution in [2.24, 2.45) is 0 Å². The maximum absolute atomic E-state index is 3.58. The Kier molecular flexibility index (Phi) is 6.97. The molecule has 1 fully saturated rings. The van der Waals surface area contributed by atoms with Crippen LogP contribution < -0.4 is 5.32 Å². The van der Waals surface area contributed by atoms with Gasteiger partial charge < -0.3 is 10.2 Å². The average Bonchev–Trinajstić information content (AvgIpc) is 2.48. The van der Waals surface area contributed by atoms with Crippen LogP contribution in [0.4, 0.5) is 0 Å². The van der Waals surface area contributed by atoms with Gasteiger partial charge in [0.1, 0.15) is 0 Å². The highest BCUT2D eigenvalue weighted by Gasteiger charge is 2.08. The van der Waals surface area contributed by atoms with E-state index >= 15 is 0 Å². The normalized spacial score (nSPS) is 16.6. The Balaban J connectivity index is 1.42. The summed E-state index contributed by atoms with van der Waals surface area (Å²) in [4.78, 5) is 2.60. The lowest BCUT2D eigenvalue weighted by Crippen LogP contribution is -2.36. The van der Waals surface area contributed by atoms with Gasteiger partial charge in [0, 0.05) is 13.1 Å². The van der Waals surface area contributed by atoms with Crippen LogP contribution in [0.1, 0.15) is 37.7 Å². The van der Waals surface area contributed by atoms with Crippen molar-refractivity contribution in [3.63, 3.8) is 0 Å². The van der Waals surface area contributed by atoms with Crippen LogP contribution in [0.25, 0.3) is 0 Å². The van der Waals surface area contributed by atoms with Crippen molar-refractivity contribution in [2.45, 2.75) is 38.5 Å². The second-order valence-electron chi connectivity index (χ2n) is 5.60. The lowest BCUT2D eigenvalue weighted by atomic mass is 10.1. The molecule has 2 heteroatoms. The van der Waals surface area contributed by atoms with Crippen LogP contribution in [-0.2, 0) is 6.42 Å². The van der Waals surface area contributed by atoms with Crippen molar-refractivity contribution in [1.29, 1.82) is 0 Å². The summed E-state index contributed by atoms with van der Waals surface area (Å²) in [5, 5.41) is 3.58. The third-order valence-electron chi connectivity index (χ3n) is 3.97. The van der Waals surface area contributed by atoms with E-state index in [1.165, 1.54) is 70.3 Å². The van der Waals surface area contributed by atoms with Gasteiger partial charge in [0.25, 0.3) is 0 Å². The summed E-state index contributed by atoms with van der Waals surface area (Å²) < 4.78 is 0. The predicted molar refractivity (Wildman–Crippen MR) is 82.5 cm³/mol. The van der Waals surface area contributed by atoms with Gasteiger partial charge in [-0.05, 0) is 57.3 Å². The third-order valence-corrected chi connectivity index (χ3v) is 3.97. The number of aryl methyl sites for hydroxylation is 1. The molecule has 1 aromatic rings. The van der Waals surface area contributed by atoms with Crippen LogP contribution in [0, 0.1) is 0 Å². The Bertz CT molecular complexity index is 317. The van der Waals surface area contributed by atoms with Gasteiger partial charge in [0.2, 0.25) is 0 Å². The van der Waals surface area contributed by atoms with Crippen molar-refractivity contribution in [1.82, 2.24) is 10.2 Å². The second kappa shape index (κ2) is 9.11. The van der Waals surface area contributed by atoms with E-state index in [9.17, 15) is 0 Å². The van der Waals surface area contributed by atoms with E-state index in [0.29, 0.717) is 0 Å². The lowest BCUT2D eigenvalue weighted by molar-refractivity contribution is 0.229. The molecule has 0 bridgehead atoms. The summed E-state index contributed by atoms with van der Waals surface area (Å²) in [6.45, 7) is 6.19. The molecule has 0 radical (unpaired) electrons. The van der Waals surface area contributed by atoms with E-state index in [4.69, 9.17) is 0 Å². The van der Waals surface area contributed by atoms with Crippen LogP contribution in [0.3, 0.4) is 0 Å². The van der Waals surface area contributed by atoms with Gasteiger partial charge in [-0.2, -0.15) is 0 Å². The Morgan fingerprint density at radius 3 is 2.47 bits per heavy atom. The lowest BCUT2D eigenvalue weighted by Gasteiger charge is -2.26. The first-order chi connectivity index (χ1) is 9.45. The van der Waals surface area contributed by atoms with E-state index in [0.717, 1.165) is 6.54 Å². The number of piperidine rings is 1. The van der Waals surface area contributed by atoms with Crippen LogP contribution in [0.2, 0.25) is 0 Å². The molecular weight excluding hydrogens is 232 g/mol. The first-order valence-corrected chi connectivity index (χ1v) is 7.92. The molecule has 1 N–H and O–H groups in total. The van der Waals surface area contributed by atoms with Crippen LogP contribution >= 0.6 is 0 Å². The quantitative estimate of drug-likeness (QED) is 0.723. The number of nitrogens with one attached hydrogen (secondary N) is 1. The van der Waals surface area contributed by atoms with E-state index in [1.54, 1.807) is 0 Å². The van der Waals surface area contributed by atoms with Gasteiger partial charge in [0.15, 0.2) is 0 Å². The van der Waals surface area contributed by atoms with Gasteiger partial charge in [-0.1, -0.05) is 36.8 Å². The van der Waals surface area contributed by atoms with Crippen LogP contribution in [-0.4, -0.2) is 37.6 Å². The summed E-state index contributed by atoms with van der Waals surface area (Å²) >= 11 is 0. The zero-order valence-electron chi connectivity index (χ0n) is 12.1. The van der Waals surface area contributed by atoms with Gasteiger partial charge in [-0.15, -0.1) is 0 Å². The maximum Gasteiger partial charge on any atom is 0.0107 e. The molecule has 0 saturated carbocycles. The molecule has 1 saturated heterocycles. The molecule has 0 spiro atoms. The first-order valence-electron chi connectivity index (χ1n) is 7.92. The van der Waals surface area contributed by atoms with Crippen molar-refractivity contribution in [2.75, 3.05) is 32.7 Å². The molecule has 0 unspecified atom stereocenters. The topological polar surface area (TPSA) is 15.3 Å². The highest BCUT2D eigenvalue weighted by atomic mass is 15.1. The number of nitrogens with zero attached hydrogens (tertiary/aromatic N) is 1. The smallest absolute Gasteiger partial charge is 0.0107 e. The van der Waals surface area contributed by atoms with Gasteiger partial charge in [-0.3, -0.25) is 0 Å². The highest BCUT2D eigenvalue weighted by Crippen LogP contribution is 2.07. The summed E-state index contributed by atoms with van der Waals surface area (Å²) in [6, 6.07) is 10.8. The van der Waals surface area contributed by atoms with E-state index in [-0.39, 0.29) is 0 Å². The minimum Gasteiger partial charge on any atom is -0.315 e. The number of hydrogen-bond acceptors (Lipinski definition) is 2. The van der Waals surface area contributed by atoms with Crippen molar-refractivity contribution in [3.05, 3.63) is 35.9 Å². The zero-order valence-corrected chi connectivity index (χ0v) is 12.1. The van der Waals surface area contributed by atoms with Gasteiger partial charge >= 0.3 is 0 Å². The Morgan fingerprint density at radius 2 is 1.68 bits per heavy atom. The first kappa shape index (κ1) is 14.5. The summed E-state index contributed by atoms with van der Waals surface area (Å²) in [6.07, 6.45) is 8.03. The third kappa shape index (κ3) is 6.22. The highest BCUT2D eigenvalue weighted by molar-refractivity contribution is 5.14. The summed E-state index contributed by atoms with van der Waals surface area (Å²) in [7, 11) is 0. The van der Waals surface area contributed by atoms with E-state index in [1.807, 2.05) is 0 Å². The molecule has 0 aliphatic carbocycles. The number of hydrogen-bond donors (Lipinski definition) is 1. The Labute approximate surface area is 118 Å². The standard InChI is InChI=1S/C17H28N2/c1-3-9-17(10-4-1)11-5-6-12-18-13-16-19-14-7-2-8-15-19/h1,3-4,9-10,18H,2,5-8,11-16H2. The van der Waals surface area contributed by atoms with Gasteiger partial charge in [-0.25, -0.2) is 0 Å². The Hall–Kier alpha value is -0.860. The molecule has 106 valence electrons. The fourth-order valence-electron chi connectivity index (χ4n) is 2.77. The molecule has 19 heavy (non-hydrogen) atoms. The molecule has 0 atom stereocenters. The fraction of sp³-hybridized carbons (Fsp3) is 0.647. The second-order valence-corrected chi connectivity index (χ2v) is 5.60. The number of rotatable bonds is 8. The van der Waals surface area contributed by atoms with Crippen molar-refractivity contribution < 1.29 is 0 Å². The molecule has 1 aromatic carbocycles. The fourth-order valence-corrected chi connectivity index (χ4v) is 2.77.